The fourth-order valence-corrected chi connectivity index (χ4v) is 1.33. The van der Waals surface area contributed by atoms with Crippen molar-refractivity contribution in [2.75, 3.05) is 0 Å². The van der Waals surface area contributed by atoms with E-state index in [1.54, 1.807) is 0 Å². The molecule has 0 saturated carbocycles. The Kier molecular flexibility index (Phi) is 4.63. The molecule has 0 aromatic heterocycles. The summed E-state index contributed by atoms with van der Waals surface area (Å²) in [7, 11) is 0. The monoisotopic (exact) mass is 212 g/mol. The molecular weight excluding hydrogens is 200 g/mol. The number of carbonyl (C=O) groups is 1. The van der Waals surface area contributed by atoms with Crippen LogP contribution in [0.4, 0.5) is 0 Å². The van der Waals surface area contributed by atoms with Crippen LogP contribution in [0.3, 0.4) is 0 Å². The van der Waals surface area contributed by atoms with E-state index in [0.29, 0.717) is 13.0 Å². The summed E-state index contributed by atoms with van der Waals surface area (Å²) in [6, 6.07) is 9.70. The third kappa shape index (κ3) is 3.48. The molecule has 0 aliphatic rings. The van der Waals surface area contributed by atoms with Crippen LogP contribution < -0.4 is 0 Å². The van der Waals surface area contributed by atoms with Crippen LogP contribution in [0, 0.1) is 0 Å². The molecule has 1 aromatic carbocycles. The van der Waals surface area contributed by atoms with Crippen molar-refractivity contribution >= 4 is 16.8 Å². The third-order valence-electron chi connectivity index (χ3n) is 1.92. The smallest absolute Gasteiger partial charge is 0.250 e. The second-order valence-electron chi connectivity index (χ2n) is 3.00. The molecule has 1 unspecified atom stereocenters. The molecule has 0 aliphatic carbocycles. The standard InChI is InChI=1S/C11H13ClO2/c1-2-10(11(12)13)14-8-9-6-4-3-5-7-9/h3-7,10H,2,8H2,1H3. The molecule has 3 heteroatoms. The van der Waals surface area contributed by atoms with Crippen molar-refractivity contribution < 1.29 is 9.53 Å². The van der Waals surface area contributed by atoms with Gasteiger partial charge in [-0.3, -0.25) is 4.79 Å². The SMILES string of the molecule is CCC(OCc1ccccc1)C(=O)Cl. The number of hydrogen-bond donors (Lipinski definition) is 0. The van der Waals surface area contributed by atoms with Crippen LogP contribution in [0.25, 0.3) is 0 Å². The minimum Gasteiger partial charge on any atom is -0.364 e. The first kappa shape index (κ1) is 11.2. The van der Waals surface area contributed by atoms with Crippen LogP contribution in [-0.4, -0.2) is 11.3 Å². The molecule has 0 fully saturated rings. The van der Waals surface area contributed by atoms with E-state index in [9.17, 15) is 4.79 Å². The van der Waals surface area contributed by atoms with E-state index in [-0.39, 0.29) is 0 Å². The lowest BCUT2D eigenvalue weighted by molar-refractivity contribution is -0.123. The summed E-state index contributed by atoms with van der Waals surface area (Å²) in [5.74, 6) is 0. The van der Waals surface area contributed by atoms with Crippen LogP contribution in [0.5, 0.6) is 0 Å². The molecule has 0 radical (unpaired) electrons. The zero-order chi connectivity index (χ0) is 10.4. The summed E-state index contributed by atoms with van der Waals surface area (Å²) in [4.78, 5) is 10.8. The molecule has 0 spiro atoms. The van der Waals surface area contributed by atoms with Gasteiger partial charge in [0, 0.05) is 0 Å². The summed E-state index contributed by atoms with van der Waals surface area (Å²) in [6.07, 6.45) is 0.117. The maximum Gasteiger partial charge on any atom is 0.250 e. The second-order valence-corrected chi connectivity index (χ2v) is 3.37. The number of benzene rings is 1. The summed E-state index contributed by atoms with van der Waals surface area (Å²) >= 11 is 5.35. The summed E-state index contributed by atoms with van der Waals surface area (Å²) in [5, 5.41) is -0.427. The first-order valence-electron chi connectivity index (χ1n) is 4.59. The first-order chi connectivity index (χ1) is 6.74. The van der Waals surface area contributed by atoms with Crippen molar-refractivity contribution in [2.24, 2.45) is 0 Å². The molecule has 1 aromatic rings. The van der Waals surface area contributed by atoms with Gasteiger partial charge in [-0.2, -0.15) is 0 Å². The molecule has 1 rings (SSSR count). The maximum atomic E-state index is 10.8. The number of rotatable bonds is 5. The van der Waals surface area contributed by atoms with Gasteiger partial charge in [-0.05, 0) is 23.6 Å². The molecular formula is C11H13ClO2. The molecule has 2 nitrogen and oxygen atoms in total. The molecule has 0 heterocycles. The minimum atomic E-state index is -0.489. The Morgan fingerprint density at radius 2 is 2.07 bits per heavy atom. The Balaban J connectivity index is 2.44. The van der Waals surface area contributed by atoms with Crippen molar-refractivity contribution in [1.29, 1.82) is 0 Å². The van der Waals surface area contributed by atoms with Crippen LogP contribution in [-0.2, 0) is 16.1 Å². The van der Waals surface area contributed by atoms with Crippen molar-refractivity contribution in [3.8, 4) is 0 Å². The highest BCUT2D eigenvalue weighted by Gasteiger charge is 2.13. The van der Waals surface area contributed by atoms with E-state index in [0.717, 1.165) is 5.56 Å². The predicted molar refractivity (Wildman–Crippen MR) is 56.2 cm³/mol. The lowest BCUT2D eigenvalue weighted by Crippen LogP contribution is -2.18. The van der Waals surface area contributed by atoms with Crippen LogP contribution in [0.2, 0.25) is 0 Å². The Hall–Kier alpha value is -0.860. The summed E-state index contributed by atoms with van der Waals surface area (Å²) in [5.41, 5.74) is 1.05. The lowest BCUT2D eigenvalue weighted by atomic mass is 10.2. The Labute approximate surface area is 88.8 Å². The lowest BCUT2D eigenvalue weighted by Gasteiger charge is -2.11. The molecule has 14 heavy (non-hydrogen) atoms. The second kappa shape index (κ2) is 5.78. The molecule has 0 bridgehead atoms. The van der Waals surface area contributed by atoms with Crippen LogP contribution in [0.15, 0.2) is 30.3 Å². The van der Waals surface area contributed by atoms with Gasteiger partial charge in [-0.25, -0.2) is 0 Å². The molecule has 0 N–H and O–H groups in total. The van der Waals surface area contributed by atoms with Crippen molar-refractivity contribution in [3.63, 3.8) is 0 Å². The number of halogens is 1. The molecule has 0 saturated heterocycles. The zero-order valence-electron chi connectivity index (χ0n) is 8.07. The topological polar surface area (TPSA) is 26.3 Å². The predicted octanol–water partition coefficient (Wildman–Crippen LogP) is 2.75. The van der Waals surface area contributed by atoms with Crippen LogP contribution >= 0.6 is 11.6 Å². The van der Waals surface area contributed by atoms with Gasteiger partial charge in [0.1, 0.15) is 6.10 Å². The Morgan fingerprint density at radius 3 is 2.57 bits per heavy atom. The van der Waals surface area contributed by atoms with E-state index in [1.165, 1.54) is 0 Å². The first-order valence-corrected chi connectivity index (χ1v) is 4.96. The van der Waals surface area contributed by atoms with Crippen LogP contribution in [0.1, 0.15) is 18.9 Å². The maximum absolute atomic E-state index is 10.8. The van der Waals surface area contributed by atoms with Crippen molar-refractivity contribution in [1.82, 2.24) is 0 Å². The van der Waals surface area contributed by atoms with Gasteiger partial charge < -0.3 is 4.74 Å². The quantitative estimate of drug-likeness (QED) is 0.702. The Bertz CT molecular complexity index is 285. The number of hydrogen-bond acceptors (Lipinski definition) is 2. The average molecular weight is 213 g/mol. The van der Waals surface area contributed by atoms with Gasteiger partial charge in [0.25, 0.3) is 0 Å². The van der Waals surface area contributed by atoms with E-state index in [2.05, 4.69) is 0 Å². The number of carbonyl (C=O) groups excluding carboxylic acids is 1. The minimum absolute atomic E-state index is 0.427. The Morgan fingerprint density at radius 1 is 1.43 bits per heavy atom. The molecule has 1 atom stereocenters. The molecule has 76 valence electrons. The van der Waals surface area contributed by atoms with Gasteiger partial charge in [0.05, 0.1) is 6.61 Å². The average Bonchev–Trinajstić information content (AvgIpc) is 2.20. The van der Waals surface area contributed by atoms with Gasteiger partial charge in [0.2, 0.25) is 5.24 Å². The molecule has 0 aliphatic heterocycles. The van der Waals surface area contributed by atoms with E-state index < -0.39 is 11.3 Å². The van der Waals surface area contributed by atoms with Crippen molar-refractivity contribution in [3.05, 3.63) is 35.9 Å². The normalized spacial score (nSPS) is 12.4. The van der Waals surface area contributed by atoms with E-state index in [4.69, 9.17) is 16.3 Å². The van der Waals surface area contributed by atoms with Gasteiger partial charge >= 0.3 is 0 Å². The van der Waals surface area contributed by atoms with E-state index in [1.807, 2.05) is 37.3 Å². The van der Waals surface area contributed by atoms with E-state index >= 15 is 0 Å². The van der Waals surface area contributed by atoms with Gasteiger partial charge in [-0.1, -0.05) is 37.3 Å². The largest absolute Gasteiger partial charge is 0.364 e. The zero-order valence-corrected chi connectivity index (χ0v) is 8.83. The highest BCUT2D eigenvalue weighted by molar-refractivity contribution is 6.64. The summed E-state index contributed by atoms with van der Waals surface area (Å²) < 4.78 is 5.36. The van der Waals surface area contributed by atoms with Gasteiger partial charge in [0.15, 0.2) is 0 Å². The highest BCUT2D eigenvalue weighted by atomic mass is 35.5. The summed E-state index contributed by atoms with van der Waals surface area (Å²) in [6.45, 7) is 2.30. The third-order valence-corrected chi connectivity index (χ3v) is 2.16. The fraction of sp³-hybridized carbons (Fsp3) is 0.364. The van der Waals surface area contributed by atoms with Crippen molar-refractivity contribution in [2.45, 2.75) is 26.1 Å². The molecule has 0 amide bonds. The fourth-order valence-electron chi connectivity index (χ4n) is 1.11. The highest BCUT2D eigenvalue weighted by Crippen LogP contribution is 2.07. The van der Waals surface area contributed by atoms with Gasteiger partial charge in [-0.15, -0.1) is 0 Å². The number of ether oxygens (including phenoxy) is 1.